The second-order valence-electron chi connectivity index (χ2n) is 8.86. The zero-order valence-corrected chi connectivity index (χ0v) is 15.5. The van der Waals surface area contributed by atoms with Crippen LogP contribution in [0.4, 0.5) is 5.69 Å². The van der Waals surface area contributed by atoms with E-state index in [2.05, 4.69) is 44.3 Å². The van der Waals surface area contributed by atoms with Crippen molar-refractivity contribution >= 4 is 5.69 Å². The molecular weight excluding hydrogens is 318 g/mol. The Bertz CT molecular complexity index is 716. The molecule has 0 aromatic heterocycles. The minimum atomic E-state index is -0.608. The first-order valence-corrected chi connectivity index (χ1v) is 9.27. The molecule has 0 unspecified atom stereocenters. The van der Waals surface area contributed by atoms with Crippen molar-refractivity contribution in [1.82, 2.24) is 0 Å². The Hall–Kier alpha value is -1.14. The van der Waals surface area contributed by atoms with E-state index < -0.39 is 5.79 Å². The molecule has 25 heavy (non-hydrogen) atoms. The smallest absolute Gasteiger partial charge is 0.190 e. The molecule has 4 aliphatic rings. The maximum absolute atomic E-state index is 6.31. The lowest BCUT2D eigenvalue weighted by molar-refractivity contribution is -0.232. The number of nitrogens with one attached hydrogen (secondary N) is 1. The fourth-order valence-corrected chi connectivity index (χ4v) is 5.13. The maximum Gasteiger partial charge on any atom is 0.190 e. The Morgan fingerprint density at radius 3 is 2.64 bits per heavy atom. The summed E-state index contributed by atoms with van der Waals surface area (Å²) in [6.07, 6.45) is -0.630. The molecule has 5 nitrogen and oxygen atoms in total. The largest absolute Gasteiger partial charge is 0.379 e. The van der Waals surface area contributed by atoms with E-state index in [1.807, 2.05) is 13.8 Å². The summed E-state index contributed by atoms with van der Waals surface area (Å²) in [5.74, 6) is -0.266. The zero-order valence-electron chi connectivity index (χ0n) is 15.5. The van der Waals surface area contributed by atoms with Crippen LogP contribution in [0.3, 0.4) is 0 Å². The van der Waals surface area contributed by atoms with Crippen LogP contribution in [0, 0.1) is 12.8 Å². The van der Waals surface area contributed by atoms with E-state index >= 15 is 0 Å². The predicted molar refractivity (Wildman–Crippen MR) is 93.5 cm³/mol. The molecular formula is C20H27NO4. The third-order valence-corrected chi connectivity index (χ3v) is 6.49. The van der Waals surface area contributed by atoms with E-state index in [0.29, 0.717) is 12.5 Å². The van der Waals surface area contributed by atoms with Crippen molar-refractivity contribution < 1.29 is 18.9 Å². The van der Waals surface area contributed by atoms with E-state index in [0.717, 1.165) is 0 Å². The van der Waals surface area contributed by atoms with Crippen LogP contribution in [0.15, 0.2) is 18.2 Å². The summed E-state index contributed by atoms with van der Waals surface area (Å²) in [7, 11) is 0. The molecule has 4 heterocycles. The monoisotopic (exact) mass is 345 g/mol. The molecule has 6 atom stereocenters. The van der Waals surface area contributed by atoms with Gasteiger partial charge in [0.25, 0.3) is 0 Å². The Balaban J connectivity index is 1.51. The number of rotatable bonds is 0. The quantitative estimate of drug-likeness (QED) is 0.783. The number of hydrogen-bond donors (Lipinski definition) is 1. The predicted octanol–water partition coefficient (Wildman–Crippen LogP) is 2.96. The van der Waals surface area contributed by atoms with Crippen molar-refractivity contribution in [1.29, 1.82) is 0 Å². The van der Waals surface area contributed by atoms with Gasteiger partial charge in [-0.15, -0.1) is 0 Å². The first-order chi connectivity index (χ1) is 11.8. The maximum atomic E-state index is 6.31. The average molecular weight is 345 g/mol. The number of para-hydroxylation sites is 1. The molecule has 1 aromatic carbocycles. The summed E-state index contributed by atoms with van der Waals surface area (Å²) < 4.78 is 24.6. The molecule has 0 spiro atoms. The summed E-state index contributed by atoms with van der Waals surface area (Å²) in [5.41, 5.74) is 3.91. The second-order valence-corrected chi connectivity index (χ2v) is 8.86. The molecule has 3 fully saturated rings. The van der Waals surface area contributed by atoms with Crippen LogP contribution >= 0.6 is 0 Å². The van der Waals surface area contributed by atoms with E-state index in [1.165, 1.54) is 16.8 Å². The average Bonchev–Trinajstić information content (AvgIpc) is 3.00. The van der Waals surface area contributed by atoms with Gasteiger partial charge in [0.2, 0.25) is 0 Å². The van der Waals surface area contributed by atoms with E-state index in [4.69, 9.17) is 18.9 Å². The van der Waals surface area contributed by atoms with E-state index in [1.54, 1.807) is 0 Å². The van der Waals surface area contributed by atoms with Crippen molar-refractivity contribution in [3.63, 3.8) is 0 Å². The molecule has 136 valence electrons. The second kappa shape index (κ2) is 4.97. The van der Waals surface area contributed by atoms with Gasteiger partial charge in [-0.3, -0.25) is 0 Å². The number of benzene rings is 1. The van der Waals surface area contributed by atoms with Gasteiger partial charge in [0.15, 0.2) is 12.1 Å². The van der Waals surface area contributed by atoms with Crippen molar-refractivity contribution in [2.24, 2.45) is 5.92 Å². The van der Waals surface area contributed by atoms with Gasteiger partial charge in [0.05, 0.1) is 12.6 Å². The van der Waals surface area contributed by atoms with Crippen molar-refractivity contribution in [2.75, 3.05) is 11.9 Å². The summed E-state index contributed by atoms with van der Waals surface area (Å²) in [5, 5.41) is 3.79. The van der Waals surface area contributed by atoms with Gasteiger partial charge in [0.1, 0.15) is 18.3 Å². The van der Waals surface area contributed by atoms with Gasteiger partial charge in [0, 0.05) is 11.6 Å². The van der Waals surface area contributed by atoms with Gasteiger partial charge in [-0.2, -0.15) is 0 Å². The highest BCUT2D eigenvalue weighted by molar-refractivity contribution is 5.63. The van der Waals surface area contributed by atoms with Gasteiger partial charge < -0.3 is 24.3 Å². The zero-order chi connectivity index (χ0) is 17.6. The summed E-state index contributed by atoms with van der Waals surface area (Å²) in [6, 6.07) is 6.74. The van der Waals surface area contributed by atoms with Gasteiger partial charge >= 0.3 is 0 Å². The van der Waals surface area contributed by atoms with Gasteiger partial charge in [-0.25, -0.2) is 0 Å². The Morgan fingerprint density at radius 2 is 1.84 bits per heavy atom. The molecule has 0 aliphatic carbocycles. The van der Waals surface area contributed by atoms with E-state index in [-0.39, 0.29) is 36.1 Å². The van der Waals surface area contributed by atoms with Crippen LogP contribution in [0.1, 0.15) is 38.8 Å². The molecule has 0 radical (unpaired) electrons. The fraction of sp³-hybridized carbons (Fsp3) is 0.700. The minimum Gasteiger partial charge on any atom is -0.379 e. The molecule has 0 bridgehead atoms. The van der Waals surface area contributed by atoms with Crippen LogP contribution in [0.2, 0.25) is 0 Å². The van der Waals surface area contributed by atoms with Gasteiger partial charge in [-0.1, -0.05) is 32.0 Å². The fourth-order valence-electron chi connectivity index (χ4n) is 5.13. The SMILES string of the molecule is Cc1cccc2c1N[C@H]1[C@H]3O[C@@H]4OC(C)(C)O[C@@H]4[C@H]3OC[C@@H]1C2(C)C. The third kappa shape index (κ3) is 2.16. The highest BCUT2D eigenvalue weighted by Crippen LogP contribution is 2.51. The lowest BCUT2D eigenvalue weighted by Gasteiger charge is -2.52. The van der Waals surface area contributed by atoms with E-state index in [9.17, 15) is 0 Å². The van der Waals surface area contributed by atoms with Crippen molar-refractivity contribution in [2.45, 2.75) is 76.5 Å². The summed E-state index contributed by atoms with van der Waals surface area (Å²) >= 11 is 0. The lowest BCUT2D eigenvalue weighted by atomic mass is 9.64. The third-order valence-electron chi connectivity index (χ3n) is 6.49. The Kier molecular flexibility index (Phi) is 3.20. The van der Waals surface area contributed by atoms with Crippen LogP contribution in [0.5, 0.6) is 0 Å². The molecule has 5 heteroatoms. The number of ether oxygens (including phenoxy) is 4. The standard InChI is InChI=1S/C20H27NO4/c1-10-7-6-8-11-13(10)21-14-12(19(11,2)3)9-22-16-15(14)23-18-17(16)24-20(4,5)25-18/h6-8,12,14-18,21H,9H2,1-5H3/t12-,14+,15+,16-,17+,18+/m0/s1. The number of hydrogen-bond acceptors (Lipinski definition) is 5. The lowest BCUT2D eigenvalue weighted by Crippen LogP contribution is -2.61. The first kappa shape index (κ1) is 16.1. The molecule has 0 saturated carbocycles. The van der Waals surface area contributed by atoms with Crippen LogP contribution < -0.4 is 5.32 Å². The van der Waals surface area contributed by atoms with Crippen LogP contribution in [0.25, 0.3) is 0 Å². The molecule has 1 N–H and O–H groups in total. The van der Waals surface area contributed by atoms with Gasteiger partial charge in [-0.05, 0) is 37.3 Å². The topological polar surface area (TPSA) is 49.0 Å². The van der Waals surface area contributed by atoms with Crippen molar-refractivity contribution in [3.8, 4) is 0 Å². The molecule has 0 amide bonds. The highest BCUT2D eigenvalue weighted by Gasteiger charge is 2.62. The number of anilines is 1. The summed E-state index contributed by atoms with van der Waals surface area (Å²) in [4.78, 5) is 0. The Labute approximate surface area is 149 Å². The number of aryl methyl sites for hydroxylation is 1. The molecule has 1 aromatic rings. The summed E-state index contributed by atoms with van der Waals surface area (Å²) in [6.45, 7) is 11.4. The normalized spacial score (nSPS) is 42.8. The van der Waals surface area contributed by atoms with Crippen LogP contribution in [-0.2, 0) is 24.4 Å². The van der Waals surface area contributed by atoms with Crippen LogP contribution in [-0.4, -0.2) is 43.0 Å². The molecule has 3 saturated heterocycles. The number of fused-ring (bicyclic) bond motifs is 6. The first-order valence-electron chi connectivity index (χ1n) is 9.27. The minimum absolute atomic E-state index is 0.0181. The molecule has 5 rings (SSSR count). The molecule has 4 aliphatic heterocycles. The Morgan fingerprint density at radius 1 is 1.04 bits per heavy atom. The highest BCUT2D eigenvalue weighted by atomic mass is 16.8. The van der Waals surface area contributed by atoms with Crippen molar-refractivity contribution in [3.05, 3.63) is 29.3 Å².